The summed E-state index contributed by atoms with van der Waals surface area (Å²) in [6.45, 7) is 4.29. The van der Waals surface area contributed by atoms with Crippen molar-refractivity contribution in [2.24, 2.45) is 0 Å². The Hall–Kier alpha value is -2.82. The third-order valence-corrected chi connectivity index (χ3v) is 6.52. The molecule has 0 saturated heterocycles. The van der Waals surface area contributed by atoms with Gasteiger partial charge in [0.15, 0.2) is 5.60 Å². The van der Waals surface area contributed by atoms with Gasteiger partial charge in [0.2, 0.25) is 0 Å². The van der Waals surface area contributed by atoms with E-state index in [2.05, 4.69) is 85.6 Å². The van der Waals surface area contributed by atoms with Crippen molar-refractivity contribution in [2.45, 2.75) is 76.4 Å². The van der Waals surface area contributed by atoms with Crippen LogP contribution in [0, 0.1) is 12.3 Å². The molecule has 33 heavy (non-hydrogen) atoms. The number of ether oxygens (including phenoxy) is 1. The quantitative estimate of drug-likeness (QED) is 0.192. The smallest absolute Gasteiger partial charge is 0.151 e. The average Bonchev–Trinajstić information content (AvgIpc) is 2.88. The van der Waals surface area contributed by atoms with Gasteiger partial charge in [-0.3, -0.25) is 0 Å². The van der Waals surface area contributed by atoms with E-state index in [1.807, 2.05) is 25.1 Å². The molecular weight excluding hydrogens is 400 g/mol. The van der Waals surface area contributed by atoms with Crippen LogP contribution in [0.2, 0.25) is 0 Å². The lowest BCUT2D eigenvalue weighted by Gasteiger charge is -2.35. The lowest BCUT2D eigenvalue weighted by molar-refractivity contribution is -0.0617. The average molecular weight is 439 g/mol. The minimum absolute atomic E-state index is 0.0257. The molecule has 0 spiro atoms. The van der Waals surface area contributed by atoms with Crippen molar-refractivity contribution >= 4 is 0 Å². The minimum atomic E-state index is -0.782. The fourth-order valence-corrected chi connectivity index (χ4v) is 4.61. The molecule has 0 amide bonds. The van der Waals surface area contributed by atoms with Gasteiger partial charge in [0.25, 0.3) is 0 Å². The number of hydrogen-bond acceptors (Lipinski definition) is 1. The van der Waals surface area contributed by atoms with E-state index in [9.17, 15) is 0 Å². The van der Waals surface area contributed by atoms with Crippen molar-refractivity contribution in [3.05, 3.63) is 108 Å². The first-order valence-electron chi connectivity index (χ1n) is 12.5. The van der Waals surface area contributed by atoms with Crippen LogP contribution >= 0.6 is 0 Å². The molecule has 3 rings (SSSR count). The Balaban J connectivity index is 1.92. The Bertz CT molecular complexity index is 918. The molecule has 0 aliphatic rings. The standard InChI is InChI=1S/C32H38O/c1-4-6-7-8-9-19-26-30(33-32(3,5-2)29-24-17-12-18-25-29)31(27-20-13-10-14-21-27)28-22-15-11-16-23-28/h2,10-18,20-25,30-31H,4,6-9,19,26H2,1,3H3. The van der Waals surface area contributed by atoms with Gasteiger partial charge in [-0.1, -0.05) is 142 Å². The number of rotatable bonds is 13. The summed E-state index contributed by atoms with van der Waals surface area (Å²) in [6.07, 6.45) is 14.6. The zero-order valence-electron chi connectivity index (χ0n) is 20.3. The Morgan fingerprint density at radius 3 is 1.73 bits per heavy atom. The van der Waals surface area contributed by atoms with E-state index in [4.69, 9.17) is 11.2 Å². The summed E-state index contributed by atoms with van der Waals surface area (Å²) in [4.78, 5) is 0. The van der Waals surface area contributed by atoms with Gasteiger partial charge in [-0.15, -0.1) is 6.42 Å². The highest BCUT2D eigenvalue weighted by Gasteiger charge is 2.34. The fraction of sp³-hybridized carbons (Fsp3) is 0.375. The predicted octanol–water partition coefficient (Wildman–Crippen LogP) is 8.50. The second-order valence-electron chi connectivity index (χ2n) is 9.06. The van der Waals surface area contributed by atoms with Gasteiger partial charge in [-0.2, -0.15) is 0 Å². The lowest BCUT2D eigenvalue weighted by Crippen LogP contribution is -2.34. The molecule has 1 nitrogen and oxygen atoms in total. The second-order valence-corrected chi connectivity index (χ2v) is 9.06. The van der Waals surface area contributed by atoms with E-state index in [1.165, 1.54) is 43.2 Å². The summed E-state index contributed by atoms with van der Waals surface area (Å²) < 4.78 is 6.94. The predicted molar refractivity (Wildman–Crippen MR) is 140 cm³/mol. The maximum atomic E-state index is 6.94. The van der Waals surface area contributed by atoms with E-state index < -0.39 is 5.60 Å². The molecule has 0 aliphatic heterocycles. The number of benzene rings is 3. The molecule has 0 radical (unpaired) electrons. The third kappa shape index (κ3) is 7.08. The SMILES string of the molecule is C#CC(C)(OC(CCCCCCCC)C(c1ccccc1)c1ccccc1)c1ccccc1. The van der Waals surface area contributed by atoms with Crippen molar-refractivity contribution < 1.29 is 4.74 Å². The van der Waals surface area contributed by atoms with Crippen LogP contribution in [0.4, 0.5) is 0 Å². The van der Waals surface area contributed by atoms with Crippen LogP contribution in [-0.4, -0.2) is 6.10 Å². The molecule has 0 bridgehead atoms. The summed E-state index contributed by atoms with van der Waals surface area (Å²) in [6, 6.07) is 31.7. The summed E-state index contributed by atoms with van der Waals surface area (Å²) in [5.74, 6) is 3.10. The van der Waals surface area contributed by atoms with E-state index >= 15 is 0 Å². The Labute approximate surface area is 201 Å². The van der Waals surface area contributed by atoms with Gasteiger partial charge in [0.1, 0.15) is 0 Å². The highest BCUT2D eigenvalue weighted by Crippen LogP contribution is 2.37. The van der Waals surface area contributed by atoms with E-state index in [0.29, 0.717) is 0 Å². The molecule has 0 aromatic heterocycles. The van der Waals surface area contributed by atoms with Gasteiger partial charge < -0.3 is 4.74 Å². The third-order valence-electron chi connectivity index (χ3n) is 6.52. The van der Waals surface area contributed by atoms with Crippen LogP contribution in [0.1, 0.15) is 81.4 Å². The summed E-state index contributed by atoms with van der Waals surface area (Å²) in [5, 5.41) is 0. The van der Waals surface area contributed by atoms with E-state index in [1.54, 1.807) is 0 Å². The maximum Gasteiger partial charge on any atom is 0.151 e. The molecule has 3 aromatic carbocycles. The Morgan fingerprint density at radius 2 is 1.21 bits per heavy atom. The van der Waals surface area contributed by atoms with Crippen LogP contribution in [0.25, 0.3) is 0 Å². The molecule has 1 heteroatoms. The molecule has 0 aliphatic carbocycles. The van der Waals surface area contributed by atoms with Gasteiger partial charge in [0.05, 0.1) is 6.10 Å². The second kappa shape index (κ2) is 13.0. The van der Waals surface area contributed by atoms with Crippen molar-refractivity contribution in [3.8, 4) is 12.3 Å². The van der Waals surface area contributed by atoms with Crippen LogP contribution in [-0.2, 0) is 10.3 Å². The Kier molecular flexibility index (Phi) is 9.79. The van der Waals surface area contributed by atoms with Crippen molar-refractivity contribution in [2.75, 3.05) is 0 Å². The van der Waals surface area contributed by atoms with Crippen LogP contribution < -0.4 is 0 Å². The van der Waals surface area contributed by atoms with Crippen LogP contribution in [0.15, 0.2) is 91.0 Å². The van der Waals surface area contributed by atoms with Gasteiger partial charge >= 0.3 is 0 Å². The fourth-order valence-electron chi connectivity index (χ4n) is 4.61. The molecule has 0 N–H and O–H groups in total. The molecule has 3 aromatic rings. The molecule has 0 saturated carbocycles. The minimum Gasteiger partial charge on any atom is -0.354 e. The Morgan fingerprint density at radius 1 is 0.727 bits per heavy atom. The molecule has 2 unspecified atom stereocenters. The summed E-state index contributed by atoms with van der Waals surface area (Å²) in [5.41, 5.74) is 2.79. The van der Waals surface area contributed by atoms with Crippen LogP contribution in [0.5, 0.6) is 0 Å². The number of unbranched alkanes of at least 4 members (excludes halogenated alkanes) is 5. The zero-order chi connectivity index (χ0) is 23.4. The normalized spacial score (nSPS) is 13.9. The van der Waals surface area contributed by atoms with Crippen molar-refractivity contribution in [3.63, 3.8) is 0 Å². The first kappa shape index (κ1) is 24.8. The highest BCUT2D eigenvalue weighted by molar-refractivity contribution is 5.35. The largest absolute Gasteiger partial charge is 0.354 e. The topological polar surface area (TPSA) is 9.23 Å². The molecule has 0 fully saturated rings. The van der Waals surface area contributed by atoms with E-state index in [0.717, 1.165) is 18.4 Å². The summed E-state index contributed by atoms with van der Waals surface area (Å²) in [7, 11) is 0. The molecule has 172 valence electrons. The van der Waals surface area contributed by atoms with E-state index in [-0.39, 0.29) is 12.0 Å². The van der Waals surface area contributed by atoms with Gasteiger partial charge in [-0.25, -0.2) is 0 Å². The number of hydrogen-bond donors (Lipinski definition) is 0. The first-order chi connectivity index (χ1) is 16.2. The van der Waals surface area contributed by atoms with Crippen molar-refractivity contribution in [1.29, 1.82) is 0 Å². The number of terminal acetylenes is 1. The molecule has 2 atom stereocenters. The summed E-state index contributed by atoms with van der Waals surface area (Å²) >= 11 is 0. The highest BCUT2D eigenvalue weighted by atomic mass is 16.5. The lowest BCUT2D eigenvalue weighted by atomic mass is 9.83. The van der Waals surface area contributed by atoms with Crippen LogP contribution in [0.3, 0.4) is 0 Å². The van der Waals surface area contributed by atoms with Gasteiger partial charge in [-0.05, 0) is 30.0 Å². The molecule has 0 heterocycles. The monoisotopic (exact) mass is 438 g/mol. The van der Waals surface area contributed by atoms with Crippen molar-refractivity contribution in [1.82, 2.24) is 0 Å². The maximum absolute atomic E-state index is 6.94. The zero-order valence-corrected chi connectivity index (χ0v) is 20.3. The first-order valence-corrected chi connectivity index (χ1v) is 12.5. The molecular formula is C32H38O. The van der Waals surface area contributed by atoms with Gasteiger partial charge in [0, 0.05) is 5.92 Å².